The summed E-state index contributed by atoms with van der Waals surface area (Å²) in [5.41, 5.74) is 3.86. The summed E-state index contributed by atoms with van der Waals surface area (Å²) in [4.78, 5) is 38.5. The van der Waals surface area contributed by atoms with Crippen LogP contribution in [0.2, 0.25) is 0 Å². The molecule has 0 radical (unpaired) electrons. The summed E-state index contributed by atoms with van der Waals surface area (Å²) in [7, 11) is 0. The van der Waals surface area contributed by atoms with E-state index >= 15 is 0 Å². The van der Waals surface area contributed by atoms with Crippen molar-refractivity contribution in [3.05, 3.63) is 83.3 Å². The third-order valence-corrected chi connectivity index (χ3v) is 6.00. The molecule has 27 heavy (non-hydrogen) atoms. The first-order valence-corrected chi connectivity index (χ1v) is 9.85. The molecule has 138 valence electrons. The van der Waals surface area contributed by atoms with Crippen LogP contribution in [0, 0.1) is 6.92 Å². The van der Waals surface area contributed by atoms with Crippen LogP contribution >= 0.6 is 11.3 Å². The number of anilines is 1. The molecule has 0 unspecified atom stereocenters. The van der Waals surface area contributed by atoms with Gasteiger partial charge in [0.05, 0.1) is 12.1 Å². The molecule has 2 heterocycles. The molecular weight excluding hydrogens is 360 g/mol. The number of thiophene rings is 1. The van der Waals surface area contributed by atoms with Crippen LogP contribution in [0.4, 0.5) is 5.69 Å². The molecule has 1 amide bonds. The summed E-state index contributed by atoms with van der Waals surface area (Å²) in [5.74, 6) is 0.0103. The fraction of sp³-hybridized carbons (Fsp3) is 0.286. The zero-order chi connectivity index (χ0) is 19.0. The van der Waals surface area contributed by atoms with E-state index in [1.807, 2.05) is 28.5 Å². The largest absolute Gasteiger partial charge is 0.363 e. The molecule has 0 aliphatic carbocycles. The van der Waals surface area contributed by atoms with Gasteiger partial charge in [-0.25, -0.2) is 0 Å². The molecular formula is C21H20N2O3S. The van der Waals surface area contributed by atoms with Crippen molar-refractivity contribution in [2.45, 2.75) is 32.9 Å². The summed E-state index contributed by atoms with van der Waals surface area (Å²) in [6.07, 6.45) is 1.25. The van der Waals surface area contributed by atoms with Crippen molar-refractivity contribution in [3.8, 4) is 0 Å². The van der Waals surface area contributed by atoms with Gasteiger partial charge in [0.2, 0.25) is 16.8 Å². The van der Waals surface area contributed by atoms with Gasteiger partial charge in [-0.05, 0) is 41.5 Å². The van der Waals surface area contributed by atoms with Gasteiger partial charge in [-0.2, -0.15) is 0 Å². The van der Waals surface area contributed by atoms with Crippen LogP contribution in [-0.4, -0.2) is 12.5 Å². The number of benzene rings is 1. The summed E-state index contributed by atoms with van der Waals surface area (Å²) in [6.45, 7) is 3.57. The maximum absolute atomic E-state index is 12.1. The Morgan fingerprint density at radius 2 is 2.04 bits per heavy atom. The number of amides is 1. The smallest absolute Gasteiger partial charge is 0.249 e. The molecule has 4 rings (SSSR count). The van der Waals surface area contributed by atoms with E-state index in [1.54, 1.807) is 18.3 Å². The minimum absolute atomic E-state index is 0.0103. The van der Waals surface area contributed by atoms with Crippen LogP contribution in [-0.2, 0) is 30.7 Å². The normalized spacial score (nSPS) is 13.6. The van der Waals surface area contributed by atoms with E-state index in [-0.39, 0.29) is 16.8 Å². The molecule has 0 saturated carbocycles. The molecule has 0 bridgehead atoms. The average molecular weight is 380 g/mol. The topological polar surface area (TPSA) is 66.5 Å². The lowest BCUT2D eigenvalue weighted by atomic mass is 9.95. The standard InChI is InChI=1S/C21H20N2O3S/c1-13-19(21(26)20(13)25)23-7-6-15-5-4-14(9-16(15)12-23)11-22-18(24)10-17-3-2-8-27-17/h2-5,8-9H,6-7,10-12H2,1H3,(H,22,24). The van der Waals surface area contributed by atoms with Crippen molar-refractivity contribution in [2.24, 2.45) is 0 Å². The molecule has 6 heteroatoms. The molecule has 0 fully saturated rings. The number of fused-ring (bicyclic) bond motifs is 1. The molecule has 1 aliphatic rings. The fourth-order valence-corrected chi connectivity index (χ4v) is 4.32. The Hall–Kier alpha value is -2.73. The Balaban J connectivity index is 1.43. The molecule has 0 atom stereocenters. The third-order valence-electron chi connectivity index (χ3n) is 5.12. The van der Waals surface area contributed by atoms with E-state index in [9.17, 15) is 14.4 Å². The van der Waals surface area contributed by atoms with Gasteiger partial charge in [0.25, 0.3) is 0 Å². The van der Waals surface area contributed by atoms with Gasteiger partial charge in [-0.15, -0.1) is 11.3 Å². The third kappa shape index (κ3) is 3.45. The van der Waals surface area contributed by atoms with Crippen LogP contribution < -0.4 is 21.1 Å². The predicted octanol–water partition coefficient (Wildman–Crippen LogP) is 2.07. The van der Waals surface area contributed by atoms with Crippen LogP contribution in [0.15, 0.2) is 45.3 Å². The lowest BCUT2D eigenvalue weighted by Crippen LogP contribution is -2.44. The summed E-state index contributed by atoms with van der Waals surface area (Å²) >= 11 is 1.58. The second-order valence-electron chi connectivity index (χ2n) is 6.94. The monoisotopic (exact) mass is 380 g/mol. The van der Waals surface area contributed by atoms with E-state index < -0.39 is 0 Å². The first-order valence-electron chi connectivity index (χ1n) is 8.97. The van der Waals surface area contributed by atoms with Gasteiger partial charge in [0, 0.05) is 30.1 Å². The van der Waals surface area contributed by atoms with Gasteiger partial charge in [0.15, 0.2) is 0 Å². The quantitative estimate of drug-likeness (QED) is 0.688. The molecule has 3 aromatic rings. The number of nitrogens with zero attached hydrogens (tertiary/aromatic N) is 1. The van der Waals surface area contributed by atoms with Crippen molar-refractivity contribution < 1.29 is 4.79 Å². The molecule has 0 saturated heterocycles. The van der Waals surface area contributed by atoms with Crippen molar-refractivity contribution >= 4 is 22.9 Å². The van der Waals surface area contributed by atoms with Crippen LogP contribution in [0.5, 0.6) is 0 Å². The van der Waals surface area contributed by atoms with E-state index in [2.05, 4.69) is 17.4 Å². The first kappa shape index (κ1) is 17.7. The van der Waals surface area contributed by atoms with E-state index in [4.69, 9.17) is 0 Å². The SMILES string of the molecule is Cc1c(N2CCc3ccc(CNC(=O)Cc4cccs4)cc3C2)c(=O)c1=O. The van der Waals surface area contributed by atoms with Crippen molar-refractivity contribution in [1.82, 2.24) is 5.32 Å². The first-order chi connectivity index (χ1) is 13.0. The Labute approximate surface area is 161 Å². The zero-order valence-electron chi connectivity index (χ0n) is 15.1. The maximum Gasteiger partial charge on any atom is 0.249 e. The van der Waals surface area contributed by atoms with Crippen molar-refractivity contribution in [2.75, 3.05) is 11.4 Å². The van der Waals surface area contributed by atoms with Gasteiger partial charge >= 0.3 is 0 Å². The highest BCUT2D eigenvalue weighted by Crippen LogP contribution is 2.25. The highest BCUT2D eigenvalue weighted by atomic mass is 32.1. The number of hydrogen-bond donors (Lipinski definition) is 1. The Bertz CT molecular complexity index is 1060. The van der Waals surface area contributed by atoms with Gasteiger partial charge in [-0.1, -0.05) is 24.3 Å². The summed E-state index contributed by atoms with van der Waals surface area (Å²) in [6, 6.07) is 10.1. The van der Waals surface area contributed by atoms with Crippen LogP contribution in [0.25, 0.3) is 0 Å². The molecule has 1 aliphatic heterocycles. The number of carbonyl (C=O) groups is 1. The van der Waals surface area contributed by atoms with E-state index in [1.165, 1.54) is 5.56 Å². The van der Waals surface area contributed by atoms with Crippen LogP contribution in [0.1, 0.15) is 27.1 Å². The number of carbonyl (C=O) groups excluding carboxylic acids is 1. The Morgan fingerprint density at radius 1 is 1.19 bits per heavy atom. The molecule has 1 N–H and O–H groups in total. The molecule has 2 aromatic carbocycles. The summed E-state index contributed by atoms with van der Waals surface area (Å²) in [5, 5.41) is 4.93. The highest BCUT2D eigenvalue weighted by Gasteiger charge is 2.25. The number of nitrogens with one attached hydrogen (secondary N) is 1. The number of hydrogen-bond acceptors (Lipinski definition) is 5. The maximum atomic E-state index is 12.1. The van der Waals surface area contributed by atoms with Gasteiger partial charge in [0.1, 0.15) is 0 Å². The number of rotatable bonds is 5. The zero-order valence-corrected chi connectivity index (χ0v) is 15.9. The second-order valence-corrected chi connectivity index (χ2v) is 7.97. The lowest BCUT2D eigenvalue weighted by Gasteiger charge is -2.32. The molecule has 1 aromatic heterocycles. The highest BCUT2D eigenvalue weighted by molar-refractivity contribution is 7.10. The Kier molecular flexibility index (Phi) is 4.66. The Morgan fingerprint density at radius 3 is 2.78 bits per heavy atom. The van der Waals surface area contributed by atoms with E-state index in [0.717, 1.165) is 29.0 Å². The summed E-state index contributed by atoms with van der Waals surface area (Å²) < 4.78 is 0. The van der Waals surface area contributed by atoms with Gasteiger partial charge in [-0.3, -0.25) is 14.4 Å². The molecule has 0 spiro atoms. The second kappa shape index (κ2) is 7.12. The fourth-order valence-electron chi connectivity index (χ4n) is 3.62. The van der Waals surface area contributed by atoms with Crippen LogP contribution in [0.3, 0.4) is 0 Å². The van der Waals surface area contributed by atoms with E-state index in [0.29, 0.717) is 30.8 Å². The van der Waals surface area contributed by atoms with Crippen molar-refractivity contribution in [3.63, 3.8) is 0 Å². The lowest BCUT2D eigenvalue weighted by molar-refractivity contribution is -0.120. The predicted molar refractivity (Wildman–Crippen MR) is 107 cm³/mol. The van der Waals surface area contributed by atoms with Crippen molar-refractivity contribution in [1.29, 1.82) is 0 Å². The molecule has 5 nitrogen and oxygen atoms in total. The minimum Gasteiger partial charge on any atom is -0.363 e. The van der Waals surface area contributed by atoms with Gasteiger partial charge < -0.3 is 10.2 Å². The average Bonchev–Trinajstić information content (AvgIpc) is 3.19. The minimum atomic E-state index is -0.368.